The fraction of sp³-hybridized carbons (Fsp3) is 0.317. The Balaban J connectivity index is 1.69. The van der Waals surface area contributed by atoms with Gasteiger partial charge in [0.1, 0.15) is 6.54 Å². The van der Waals surface area contributed by atoms with Crippen molar-refractivity contribution in [2.75, 3.05) is 33.2 Å². The van der Waals surface area contributed by atoms with E-state index in [1.54, 1.807) is 0 Å². The van der Waals surface area contributed by atoms with Crippen LogP contribution < -0.4 is 5.43 Å². The molecule has 2 heterocycles. The minimum atomic E-state index is -4.73. The first kappa shape index (κ1) is 20.8. The number of hydrogen-bond donors (Lipinski definition) is 0. The number of benzene rings is 4. The molecule has 1 amide bonds. The lowest BCUT2D eigenvalue weighted by atomic mass is 10.00. The van der Waals surface area contributed by atoms with Crippen LogP contribution in [-0.2, 0) is 34.5 Å². The fourth-order valence-corrected chi connectivity index (χ4v) is 5.64. The number of alkyl halides is 3. The van der Waals surface area contributed by atoms with Crippen LogP contribution in [0.1, 0.15) is 61.0 Å². The van der Waals surface area contributed by atoms with Crippen LogP contribution in [0.25, 0.3) is 22.0 Å². The second-order valence-corrected chi connectivity index (χ2v) is 11.9. The molecule has 4 aromatic carbocycles. The average Bonchev–Trinajstić information content (AvgIpc) is 3.26. The maximum absolute atomic E-state index is 15.6. The molecule has 1 aliphatic rings. The number of nitrogens with zero attached hydrogens (tertiary/aromatic N) is 3. The van der Waals surface area contributed by atoms with Crippen molar-refractivity contribution in [1.29, 1.82) is 0 Å². The summed E-state index contributed by atoms with van der Waals surface area (Å²) >= 11 is -0.262. The number of fused-ring (bicyclic) bond motifs is 1. The number of hydrogen-bond acceptors (Lipinski definition) is 5. The summed E-state index contributed by atoms with van der Waals surface area (Å²) in [5, 5.41) is -2.03. The predicted octanol–water partition coefficient (Wildman–Crippen LogP) is 8.71. The quantitative estimate of drug-likeness (QED) is 0.0940. The van der Waals surface area contributed by atoms with Crippen molar-refractivity contribution in [3.05, 3.63) is 135 Å². The third-order valence-electron chi connectivity index (χ3n) is 7.47. The normalized spacial score (nSPS) is 24.6. The van der Waals surface area contributed by atoms with E-state index in [4.69, 9.17) is 21.2 Å². The van der Waals surface area contributed by atoms with Crippen LogP contribution in [0.15, 0.2) is 101 Å². The highest BCUT2D eigenvalue weighted by molar-refractivity contribution is 7.98. The Morgan fingerprint density at radius 1 is 1.04 bits per heavy atom. The zero-order valence-corrected chi connectivity index (χ0v) is 28.4. The number of amides is 1. The number of methoxy groups -OCH3 is 1. The average molecular weight is 769 g/mol. The number of rotatable bonds is 12. The largest absolute Gasteiger partial charge is 0.416 e. The molecule has 278 valence electrons. The second-order valence-electron chi connectivity index (χ2n) is 11.1. The third kappa shape index (κ3) is 9.17. The van der Waals surface area contributed by atoms with E-state index in [1.165, 1.54) is 0 Å². The van der Waals surface area contributed by atoms with Crippen LogP contribution in [0.3, 0.4) is 0 Å². The van der Waals surface area contributed by atoms with Gasteiger partial charge in [-0.15, -0.1) is 11.8 Å². The minimum absolute atomic E-state index is 0.0837. The van der Waals surface area contributed by atoms with Crippen LogP contribution in [0.4, 0.5) is 22.0 Å². The highest BCUT2D eigenvalue weighted by Crippen LogP contribution is 2.32. The first-order valence-electron chi connectivity index (χ1n) is 24.9. The van der Waals surface area contributed by atoms with Gasteiger partial charge in [0.25, 0.3) is 0 Å². The van der Waals surface area contributed by atoms with Gasteiger partial charge < -0.3 is 19.1 Å². The van der Waals surface area contributed by atoms with E-state index in [1.807, 2.05) is 0 Å². The topological polar surface area (TPSA) is 54.8 Å². The van der Waals surface area contributed by atoms with Gasteiger partial charge in [-0.25, -0.2) is 8.78 Å². The lowest BCUT2D eigenvalue weighted by Crippen LogP contribution is -2.48. The molecule has 0 radical (unpaired) electrons. The van der Waals surface area contributed by atoms with E-state index in [0.717, 1.165) is 74.7 Å². The van der Waals surface area contributed by atoms with E-state index in [-0.39, 0.29) is 22.9 Å². The summed E-state index contributed by atoms with van der Waals surface area (Å²) in [5.41, 5.74) is -8.73. The Labute approximate surface area is 335 Å². The molecule has 1 saturated heterocycles. The number of likely N-dealkylation sites (tertiary alicyclic amines) is 1. The zero-order chi connectivity index (χ0) is 54.7. The van der Waals surface area contributed by atoms with Crippen molar-refractivity contribution in [3.63, 3.8) is 0 Å². The van der Waals surface area contributed by atoms with Crippen LogP contribution in [0.5, 0.6) is 0 Å². The van der Waals surface area contributed by atoms with Gasteiger partial charge in [-0.1, -0.05) is 54.6 Å². The third-order valence-corrected chi connectivity index (χ3v) is 8.30. The van der Waals surface area contributed by atoms with Gasteiger partial charge in [0, 0.05) is 78.3 Å². The molecular weight excluding hydrogens is 710 g/mol. The number of ether oxygens (including phenoxy) is 1. The molecule has 0 saturated carbocycles. The Bertz CT molecular complexity index is 3010. The molecule has 53 heavy (non-hydrogen) atoms. The summed E-state index contributed by atoms with van der Waals surface area (Å²) in [6.45, 7) is -17.9. The monoisotopic (exact) mass is 768 g/mol. The van der Waals surface area contributed by atoms with Gasteiger partial charge in [0.05, 0.1) is 32.3 Å². The minimum Gasteiger partial charge on any atom is -0.383 e. The maximum Gasteiger partial charge on any atom is 0.416 e. The lowest BCUT2D eigenvalue weighted by Gasteiger charge is -2.39. The molecular formula is C41H40F5N3O3S. The van der Waals surface area contributed by atoms with Gasteiger partial charge in [0.15, 0.2) is 17.1 Å². The van der Waals surface area contributed by atoms with Gasteiger partial charge in [0.2, 0.25) is 5.91 Å². The number of carbonyl (C=O) groups is 1. The first-order valence-corrected chi connectivity index (χ1v) is 16.2. The number of carbonyl (C=O) groups excluding carboxylic acids is 1. The number of aromatic nitrogens is 1. The van der Waals surface area contributed by atoms with E-state index < -0.39 is 165 Å². The molecule has 0 unspecified atom stereocenters. The highest BCUT2D eigenvalue weighted by atomic mass is 32.2. The van der Waals surface area contributed by atoms with Crippen molar-refractivity contribution in [2.45, 2.75) is 55.6 Å². The summed E-state index contributed by atoms with van der Waals surface area (Å²) in [6.07, 6.45) is -13.7. The number of pyridine rings is 1. The van der Waals surface area contributed by atoms with Crippen molar-refractivity contribution >= 4 is 28.6 Å². The maximum atomic E-state index is 15.6. The molecule has 0 N–H and O–H groups in total. The highest BCUT2D eigenvalue weighted by Gasteiger charge is 2.31. The fourth-order valence-electron chi connectivity index (χ4n) is 4.86. The summed E-state index contributed by atoms with van der Waals surface area (Å²) in [4.78, 5) is 28.4. The number of halogens is 5. The smallest absolute Gasteiger partial charge is 0.383 e. The van der Waals surface area contributed by atoms with Crippen LogP contribution in [0, 0.1) is 18.6 Å². The summed E-state index contributed by atoms with van der Waals surface area (Å²) in [7, 11) is 0.886. The van der Waals surface area contributed by atoms with Crippen molar-refractivity contribution in [1.82, 2.24) is 14.4 Å². The molecule has 1 fully saturated rings. The summed E-state index contributed by atoms with van der Waals surface area (Å²) in [5.74, 6) is -5.42. The van der Waals surface area contributed by atoms with E-state index in [9.17, 15) is 32.0 Å². The standard InChI is InChI=1S/C41H40F5N3O3S/c1-27-6-15-34-36(22-27)49(39(23-37(34)50)53-26-31-4-3-5-35(42)40(31)43)25-38(51)48(33-16-18-47(19-17-33)20-21-52-2)24-28-7-9-29(10-8-28)30-11-13-32(14-12-30)41(44,45)46/h3-15,22-23,33H,16-21,24-26H2,1-2H3/i6D,15D,16D2,17D2,18D2,19D2,20D2,22D,23D,24D2,26D2,33D. The van der Waals surface area contributed by atoms with Gasteiger partial charge in [-0.05, 0) is 72.2 Å². The summed E-state index contributed by atoms with van der Waals surface area (Å²) in [6, 6.07) is 1.16. The lowest BCUT2D eigenvalue weighted by molar-refractivity contribution is -0.137. The Kier molecular flexibility index (Phi) is 6.54. The number of piperidine rings is 1. The van der Waals surface area contributed by atoms with E-state index >= 15 is 9.18 Å². The van der Waals surface area contributed by atoms with Crippen molar-refractivity contribution < 1.29 is 57.5 Å². The van der Waals surface area contributed by atoms with Crippen molar-refractivity contribution in [2.24, 2.45) is 0 Å². The molecule has 12 heteroatoms. The van der Waals surface area contributed by atoms with Gasteiger partial charge in [-0.3, -0.25) is 9.59 Å². The molecule has 0 spiro atoms. The zero-order valence-electron chi connectivity index (χ0n) is 46.6. The van der Waals surface area contributed by atoms with E-state index in [0.29, 0.717) is 10.6 Å². The molecule has 1 aromatic heterocycles. The van der Waals surface area contributed by atoms with Gasteiger partial charge in [-0.2, -0.15) is 13.2 Å². The molecule has 6 nitrogen and oxygen atoms in total. The Morgan fingerprint density at radius 3 is 2.38 bits per heavy atom. The van der Waals surface area contributed by atoms with Crippen LogP contribution in [-0.4, -0.2) is 59.5 Å². The van der Waals surface area contributed by atoms with E-state index in [2.05, 4.69) is 0 Å². The molecule has 6 rings (SSSR count). The Morgan fingerprint density at radius 2 is 1.72 bits per heavy atom. The molecule has 0 bridgehead atoms. The van der Waals surface area contributed by atoms with Crippen molar-refractivity contribution in [3.8, 4) is 11.1 Å². The molecule has 5 aromatic rings. The molecule has 0 atom stereocenters. The summed E-state index contributed by atoms with van der Waals surface area (Å²) < 4.78 is 247. The SMILES string of the molecule is [2H]c1c(C)c([2H])c2c(c1[2H])c(=O)c([2H])c(SC([2H])([2H])c1cccc(F)c1F)n2CC(=O)N(C([2H])([2H])c1ccc(-c2ccc(C(F)(F)F)cc2)cc1)C1([2H])C([2H])([2H])C([2H])([2H])N(C([2H])([2H])COC)C([2H])([2H])C1([2H])[2H]. The first-order chi connectivity index (χ1) is 32.7. The molecule has 1 aliphatic heterocycles. The van der Waals surface area contributed by atoms with Gasteiger partial charge >= 0.3 is 6.18 Å². The second kappa shape index (κ2) is 16.7. The Hall–Kier alpha value is -4.52. The predicted molar refractivity (Wildman–Crippen MR) is 198 cm³/mol. The number of thioether (sulfide) groups is 1. The molecule has 0 aliphatic carbocycles. The van der Waals surface area contributed by atoms with Crippen LogP contribution in [0.2, 0.25) is 0 Å². The van der Waals surface area contributed by atoms with Crippen LogP contribution >= 0.6 is 11.8 Å².